The van der Waals surface area contributed by atoms with Gasteiger partial charge in [0.25, 0.3) is 0 Å². The van der Waals surface area contributed by atoms with E-state index in [1.54, 1.807) is 0 Å². The van der Waals surface area contributed by atoms with Crippen molar-refractivity contribution < 1.29 is 0 Å². The largest absolute Gasteiger partial charge is 0.208 e. The Morgan fingerprint density at radius 3 is 1.19 bits per heavy atom. The van der Waals surface area contributed by atoms with Gasteiger partial charge in [0, 0.05) is 22.3 Å². The molecule has 0 saturated carbocycles. The Labute approximate surface area is 299 Å². The SMILES string of the molecule is c1ccc(-c2ccc(-c3nc(-c4ccccc4)nc(-c4nc(-c5ccccc5)nc(-c5ccc6ccc7cccc8ccc5c6c78)n4)n3)cc2)cc1. The molecule has 0 N–H and O–H groups in total. The minimum Gasteiger partial charge on any atom is -0.208 e. The summed E-state index contributed by atoms with van der Waals surface area (Å²) >= 11 is 0. The average molecular weight is 665 g/mol. The summed E-state index contributed by atoms with van der Waals surface area (Å²) in [6.45, 7) is 0. The summed E-state index contributed by atoms with van der Waals surface area (Å²) in [6.07, 6.45) is 0. The van der Waals surface area contributed by atoms with Crippen LogP contribution in [0, 0.1) is 0 Å². The van der Waals surface area contributed by atoms with E-state index in [9.17, 15) is 0 Å². The van der Waals surface area contributed by atoms with Crippen molar-refractivity contribution in [3.63, 3.8) is 0 Å². The second-order valence-electron chi connectivity index (χ2n) is 12.8. The third-order valence-electron chi connectivity index (χ3n) is 9.55. The Kier molecular flexibility index (Phi) is 7.03. The van der Waals surface area contributed by atoms with Crippen LogP contribution < -0.4 is 0 Å². The Morgan fingerprint density at radius 2 is 0.615 bits per heavy atom. The van der Waals surface area contributed by atoms with Crippen LogP contribution >= 0.6 is 0 Å². The summed E-state index contributed by atoms with van der Waals surface area (Å²) in [5.74, 6) is 2.91. The molecule has 242 valence electrons. The third kappa shape index (κ3) is 5.22. The standard InChI is InChI=1S/C46H28N6/c1-4-11-29(12-5-1)30-19-23-36(24-20-30)43-47-41(34-13-6-2-7-14-34)49-45(51-43)46-50-42(35-15-8-3-9-16-35)48-44(52-46)38-28-26-33-22-21-31-17-10-18-32-25-27-37(38)40(33)39(31)32/h1-28H. The first-order valence-electron chi connectivity index (χ1n) is 17.2. The van der Waals surface area contributed by atoms with E-state index in [1.807, 2.05) is 78.9 Å². The highest BCUT2D eigenvalue weighted by Gasteiger charge is 2.20. The highest BCUT2D eigenvalue weighted by atomic mass is 15.1. The molecule has 6 nitrogen and oxygen atoms in total. The predicted octanol–water partition coefficient (Wildman–Crippen LogP) is 11.0. The highest BCUT2D eigenvalue weighted by molar-refractivity contribution is 6.25. The zero-order chi connectivity index (χ0) is 34.4. The lowest BCUT2D eigenvalue weighted by Gasteiger charge is -2.14. The van der Waals surface area contributed by atoms with Crippen LogP contribution in [0.1, 0.15) is 0 Å². The molecule has 0 saturated heterocycles. The fourth-order valence-corrected chi connectivity index (χ4v) is 7.01. The van der Waals surface area contributed by atoms with Gasteiger partial charge in [0.15, 0.2) is 23.3 Å². The second-order valence-corrected chi connectivity index (χ2v) is 12.8. The van der Waals surface area contributed by atoms with Gasteiger partial charge in [0.05, 0.1) is 0 Å². The summed E-state index contributed by atoms with van der Waals surface area (Å²) < 4.78 is 0. The number of hydrogen-bond acceptors (Lipinski definition) is 6. The van der Waals surface area contributed by atoms with Crippen LogP contribution in [-0.4, -0.2) is 29.9 Å². The maximum Gasteiger partial charge on any atom is 0.202 e. The number of nitrogens with zero attached hydrogens (tertiary/aromatic N) is 6. The molecule has 10 rings (SSSR count). The quantitative estimate of drug-likeness (QED) is 0.165. The monoisotopic (exact) mass is 664 g/mol. The van der Waals surface area contributed by atoms with Crippen LogP contribution in [0.3, 0.4) is 0 Å². The number of aromatic nitrogens is 6. The van der Waals surface area contributed by atoms with Crippen molar-refractivity contribution in [2.24, 2.45) is 0 Å². The van der Waals surface area contributed by atoms with Gasteiger partial charge in [-0.15, -0.1) is 0 Å². The molecule has 0 fully saturated rings. The molecule has 0 atom stereocenters. The van der Waals surface area contributed by atoms with Crippen molar-refractivity contribution in [2.45, 2.75) is 0 Å². The molecule has 0 amide bonds. The van der Waals surface area contributed by atoms with E-state index in [1.165, 1.54) is 26.9 Å². The van der Waals surface area contributed by atoms with E-state index in [0.29, 0.717) is 34.9 Å². The van der Waals surface area contributed by atoms with Gasteiger partial charge in [-0.1, -0.05) is 164 Å². The van der Waals surface area contributed by atoms with Gasteiger partial charge in [0.1, 0.15) is 0 Å². The molecule has 10 aromatic rings. The summed E-state index contributed by atoms with van der Waals surface area (Å²) in [5, 5.41) is 7.11. The molecule has 2 aromatic heterocycles. The maximum atomic E-state index is 5.13. The smallest absolute Gasteiger partial charge is 0.202 e. The molecular formula is C46H28N6. The van der Waals surface area contributed by atoms with Gasteiger partial charge in [-0.05, 0) is 49.5 Å². The molecule has 6 heteroatoms. The van der Waals surface area contributed by atoms with Crippen LogP contribution in [0.5, 0.6) is 0 Å². The summed E-state index contributed by atoms with van der Waals surface area (Å²) in [5.41, 5.74) is 5.79. The molecular weight excluding hydrogens is 637 g/mol. The van der Waals surface area contributed by atoms with E-state index < -0.39 is 0 Å². The van der Waals surface area contributed by atoms with Crippen LogP contribution in [-0.2, 0) is 0 Å². The minimum atomic E-state index is 0.370. The van der Waals surface area contributed by atoms with E-state index in [-0.39, 0.29) is 0 Å². The van der Waals surface area contributed by atoms with Crippen molar-refractivity contribution in [2.75, 3.05) is 0 Å². The summed E-state index contributed by atoms with van der Waals surface area (Å²) in [4.78, 5) is 30.2. The first-order chi connectivity index (χ1) is 25.7. The van der Waals surface area contributed by atoms with Gasteiger partial charge >= 0.3 is 0 Å². The van der Waals surface area contributed by atoms with Gasteiger partial charge < -0.3 is 0 Å². The van der Waals surface area contributed by atoms with Crippen molar-refractivity contribution in [1.82, 2.24) is 29.9 Å². The van der Waals surface area contributed by atoms with Crippen LogP contribution in [0.25, 0.3) is 101 Å². The van der Waals surface area contributed by atoms with E-state index >= 15 is 0 Å². The molecule has 0 bridgehead atoms. The zero-order valence-corrected chi connectivity index (χ0v) is 27.8. The molecule has 0 aliphatic rings. The van der Waals surface area contributed by atoms with Gasteiger partial charge in [-0.2, -0.15) is 0 Å². The van der Waals surface area contributed by atoms with Crippen LogP contribution in [0.15, 0.2) is 170 Å². The van der Waals surface area contributed by atoms with Crippen LogP contribution in [0.4, 0.5) is 0 Å². The molecule has 0 aliphatic carbocycles. The van der Waals surface area contributed by atoms with E-state index in [0.717, 1.165) is 38.8 Å². The normalized spacial score (nSPS) is 11.5. The Hall–Kier alpha value is -7.18. The first kappa shape index (κ1) is 29.7. The third-order valence-corrected chi connectivity index (χ3v) is 9.55. The van der Waals surface area contributed by atoms with E-state index in [4.69, 9.17) is 29.9 Å². The zero-order valence-electron chi connectivity index (χ0n) is 27.8. The molecule has 0 aliphatic heterocycles. The lowest BCUT2D eigenvalue weighted by molar-refractivity contribution is 1.00. The molecule has 2 heterocycles. The van der Waals surface area contributed by atoms with Gasteiger partial charge in [-0.25, -0.2) is 29.9 Å². The Morgan fingerprint density at radius 1 is 0.231 bits per heavy atom. The predicted molar refractivity (Wildman–Crippen MR) is 210 cm³/mol. The van der Waals surface area contributed by atoms with Crippen molar-refractivity contribution in [3.8, 4) is 68.3 Å². The fourth-order valence-electron chi connectivity index (χ4n) is 7.01. The number of rotatable bonds is 6. The minimum absolute atomic E-state index is 0.370. The lowest BCUT2D eigenvalue weighted by Crippen LogP contribution is -2.06. The first-order valence-corrected chi connectivity index (χ1v) is 17.2. The van der Waals surface area contributed by atoms with Gasteiger partial charge in [-0.3, -0.25) is 0 Å². The number of benzene rings is 8. The van der Waals surface area contributed by atoms with Crippen molar-refractivity contribution >= 4 is 32.3 Å². The molecule has 52 heavy (non-hydrogen) atoms. The molecule has 0 spiro atoms. The number of hydrogen-bond donors (Lipinski definition) is 0. The fraction of sp³-hybridized carbons (Fsp3) is 0. The molecule has 0 radical (unpaired) electrons. The average Bonchev–Trinajstić information content (AvgIpc) is 3.23. The molecule has 0 unspecified atom stereocenters. The topological polar surface area (TPSA) is 77.3 Å². The van der Waals surface area contributed by atoms with Crippen molar-refractivity contribution in [3.05, 3.63) is 170 Å². The Bertz CT molecular complexity index is 2860. The summed E-state index contributed by atoms with van der Waals surface area (Å²) in [6, 6.07) is 58.0. The molecule has 8 aromatic carbocycles. The second kappa shape index (κ2) is 12.3. The maximum absolute atomic E-state index is 5.13. The lowest BCUT2D eigenvalue weighted by atomic mass is 9.92. The Balaban J connectivity index is 1.19. The van der Waals surface area contributed by atoms with E-state index in [2.05, 4.69) is 91.0 Å². The van der Waals surface area contributed by atoms with Crippen molar-refractivity contribution in [1.29, 1.82) is 0 Å². The summed E-state index contributed by atoms with van der Waals surface area (Å²) in [7, 11) is 0. The van der Waals surface area contributed by atoms with Crippen LogP contribution in [0.2, 0.25) is 0 Å². The highest BCUT2D eigenvalue weighted by Crippen LogP contribution is 2.39. The van der Waals surface area contributed by atoms with Gasteiger partial charge in [0.2, 0.25) is 11.6 Å².